The average Bonchev–Trinajstić information content (AvgIpc) is 1.90. The summed E-state index contributed by atoms with van der Waals surface area (Å²) in [7, 11) is 0. The molecule has 58 valence electrons. The van der Waals surface area contributed by atoms with Gasteiger partial charge in [-0.2, -0.15) is 0 Å². The Morgan fingerprint density at radius 2 is 1.70 bits per heavy atom. The Kier molecular flexibility index (Phi) is 5.70. The lowest BCUT2D eigenvalue weighted by Crippen LogP contribution is -1.74. The fraction of sp³-hybridized carbons (Fsp3) is 0.556. The molecule has 0 spiro atoms. The van der Waals surface area contributed by atoms with Crippen molar-refractivity contribution in [3.63, 3.8) is 0 Å². The lowest BCUT2D eigenvalue weighted by Gasteiger charge is -1.95. The van der Waals surface area contributed by atoms with Crippen LogP contribution in [0, 0.1) is 0 Å². The summed E-state index contributed by atoms with van der Waals surface area (Å²) in [5, 5.41) is 0. The van der Waals surface area contributed by atoms with Crippen LogP contribution in [0.25, 0.3) is 0 Å². The van der Waals surface area contributed by atoms with Crippen LogP contribution in [0.3, 0.4) is 0 Å². The van der Waals surface area contributed by atoms with Crippen LogP contribution >= 0.6 is 15.9 Å². The molecule has 0 atom stereocenters. The Morgan fingerprint density at radius 3 is 2.00 bits per heavy atom. The van der Waals surface area contributed by atoms with Gasteiger partial charge in [0.05, 0.1) is 0 Å². The summed E-state index contributed by atoms with van der Waals surface area (Å²) in [5.41, 5.74) is 1.50. The van der Waals surface area contributed by atoms with Crippen molar-refractivity contribution in [2.75, 3.05) is 0 Å². The van der Waals surface area contributed by atoms with Crippen LogP contribution < -0.4 is 0 Å². The third-order valence-electron chi connectivity index (χ3n) is 1.46. The molecule has 0 radical (unpaired) electrons. The van der Waals surface area contributed by atoms with E-state index in [1.54, 1.807) is 0 Å². The number of hydrogen-bond acceptors (Lipinski definition) is 0. The maximum Gasteiger partial charge on any atom is -0.00804 e. The molecule has 0 saturated heterocycles. The number of allylic oxidation sites excluding steroid dienone is 4. The first-order chi connectivity index (χ1) is 4.70. The number of halogens is 1. The Labute approximate surface area is 72.1 Å². The Morgan fingerprint density at radius 1 is 1.20 bits per heavy atom. The van der Waals surface area contributed by atoms with Crippen LogP contribution in [-0.4, -0.2) is 0 Å². The molecule has 0 amide bonds. The first-order valence-corrected chi connectivity index (χ1v) is 4.51. The van der Waals surface area contributed by atoms with Gasteiger partial charge in [-0.1, -0.05) is 47.5 Å². The van der Waals surface area contributed by atoms with E-state index in [0.717, 1.165) is 12.8 Å². The summed E-state index contributed by atoms with van der Waals surface area (Å²) in [6, 6.07) is 0. The molecule has 0 aliphatic rings. The summed E-state index contributed by atoms with van der Waals surface area (Å²) < 4.78 is 1.19. The van der Waals surface area contributed by atoms with Crippen LogP contribution in [0.1, 0.15) is 33.6 Å². The van der Waals surface area contributed by atoms with E-state index in [4.69, 9.17) is 0 Å². The summed E-state index contributed by atoms with van der Waals surface area (Å²) in [6.07, 6.45) is 6.60. The highest BCUT2D eigenvalue weighted by Gasteiger charge is 1.85. The quantitative estimate of drug-likeness (QED) is 0.607. The van der Waals surface area contributed by atoms with Crippen molar-refractivity contribution >= 4 is 15.9 Å². The predicted molar refractivity (Wildman–Crippen MR) is 51.3 cm³/mol. The molecular formula is C9H15Br. The molecule has 1 heteroatoms. The van der Waals surface area contributed by atoms with Crippen molar-refractivity contribution in [3.8, 4) is 0 Å². The van der Waals surface area contributed by atoms with E-state index in [0.29, 0.717) is 0 Å². The molecule has 0 rings (SSSR count). The number of hydrogen-bond donors (Lipinski definition) is 0. The SMILES string of the molecule is CCC(=C/C=C(\C)Br)CC. The van der Waals surface area contributed by atoms with Gasteiger partial charge < -0.3 is 0 Å². The van der Waals surface area contributed by atoms with Crippen LogP contribution in [0.2, 0.25) is 0 Å². The fourth-order valence-electron chi connectivity index (χ4n) is 0.718. The van der Waals surface area contributed by atoms with Crippen molar-refractivity contribution in [1.82, 2.24) is 0 Å². The zero-order chi connectivity index (χ0) is 7.98. The second-order valence-electron chi connectivity index (χ2n) is 2.29. The Hall–Kier alpha value is -0.0400. The summed E-state index contributed by atoms with van der Waals surface area (Å²) in [5.74, 6) is 0. The minimum absolute atomic E-state index is 1.16. The van der Waals surface area contributed by atoms with E-state index >= 15 is 0 Å². The highest BCUT2D eigenvalue weighted by molar-refractivity contribution is 9.11. The molecule has 0 heterocycles. The normalized spacial score (nSPS) is 11.4. The van der Waals surface area contributed by atoms with E-state index in [1.807, 2.05) is 6.92 Å². The van der Waals surface area contributed by atoms with Crippen molar-refractivity contribution in [1.29, 1.82) is 0 Å². The fourth-order valence-corrected chi connectivity index (χ4v) is 0.851. The van der Waals surface area contributed by atoms with E-state index < -0.39 is 0 Å². The maximum atomic E-state index is 3.38. The van der Waals surface area contributed by atoms with Gasteiger partial charge in [0.1, 0.15) is 0 Å². The molecule has 0 aromatic carbocycles. The minimum atomic E-state index is 1.16. The molecule has 0 aliphatic heterocycles. The smallest absolute Gasteiger partial charge is 0.00804 e. The summed E-state index contributed by atoms with van der Waals surface area (Å²) in [4.78, 5) is 0. The maximum absolute atomic E-state index is 3.38. The lowest BCUT2D eigenvalue weighted by molar-refractivity contribution is 0.978. The molecular weight excluding hydrogens is 188 g/mol. The summed E-state index contributed by atoms with van der Waals surface area (Å²) >= 11 is 3.38. The second-order valence-corrected chi connectivity index (χ2v) is 3.54. The van der Waals surface area contributed by atoms with Gasteiger partial charge in [-0.25, -0.2) is 0 Å². The zero-order valence-electron chi connectivity index (χ0n) is 6.95. The van der Waals surface area contributed by atoms with Gasteiger partial charge in [0.15, 0.2) is 0 Å². The molecule has 0 fully saturated rings. The molecule has 0 bridgehead atoms. The van der Waals surface area contributed by atoms with Gasteiger partial charge in [-0.05, 0) is 24.2 Å². The molecule has 0 saturated carbocycles. The monoisotopic (exact) mass is 202 g/mol. The molecule has 0 aromatic heterocycles. The summed E-state index contributed by atoms with van der Waals surface area (Å²) in [6.45, 7) is 6.42. The van der Waals surface area contributed by atoms with Gasteiger partial charge >= 0.3 is 0 Å². The van der Waals surface area contributed by atoms with E-state index in [-0.39, 0.29) is 0 Å². The van der Waals surface area contributed by atoms with Gasteiger partial charge in [-0.3, -0.25) is 0 Å². The largest absolute Gasteiger partial charge is 0.0707 e. The van der Waals surface area contributed by atoms with Gasteiger partial charge in [0, 0.05) is 0 Å². The minimum Gasteiger partial charge on any atom is -0.0707 e. The third kappa shape index (κ3) is 4.80. The predicted octanol–water partition coefficient (Wildman–Crippen LogP) is 4.03. The topological polar surface area (TPSA) is 0 Å². The van der Waals surface area contributed by atoms with Crippen molar-refractivity contribution < 1.29 is 0 Å². The standard InChI is InChI=1S/C9H15Br/c1-4-9(5-2)7-6-8(3)10/h6-7H,4-5H2,1-3H3/b8-6+. The van der Waals surface area contributed by atoms with Crippen LogP contribution in [0.5, 0.6) is 0 Å². The second kappa shape index (κ2) is 5.72. The molecule has 0 nitrogen and oxygen atoms in total. The molecule has 0 unspecified atom stereocenters. The van der Waals surface area contributed by atoms with Gasteiger partial charge in [0.25, 0.3) is 0 Å². The van der Waals surface area contributed by atoms with Gasteiger partial charge in [0.2, 0.25) is 0 Å². The Balaban J connectivity index is 3.99. The number of rotatable bonds is 3. The van der Waals surface area contributed by atoms with Crippen molar-refractivity contribution in [3.05, 3.63) is 22.2 Å². The average molecular weight is 203 g/mol. The molecule has 10 heavy (non-hydrogen) atoms. The molecule has 0 aliphatic carbocycles. The highest BCUT2D eigenvalue weighted by Crippen LogP contribution is 2.08. The van der Waals surface area contributed by atoms with Crippen LogP contribution in [-0.2, 0) is 0 Å². The van der Waals surface area contributed by atoms with Crippen molar-refractivity contribution in [2.45, 2.75) is 33.6 Å². The van der Waals surface area contributed by atoms with E-state index in [1.165, 1.54) is 10.1 Å². The zero-order valence-corrected chi connectivity index (χ0v) is 8.53. The highest BCUT2D eigenvalue weighted by atomic mass is 79.9. The van der Waals surface area contributed by atoms with Gasteiger partial charge in [-0.15, -0.1) is 0 Å². The molecule has 0 aromatic rings. The molecule has 0 N–H and O–H groups in total. The van der Waals surface area contributed by atoms with Crippen LogP contribution in [0.15, 0.2) is 22.2 Å². The van der Waals surface area contributed by atoms with Crippen molar-refractivity contribution in [2.24, 2.45) is 0 Å². The first kappa shape index (κ1) is 9.96. The third-order valence-corrected chi connectivity index (χ3v) is 1.72. The Bertz CT molecular complexity index is 133. The van der Waals surface area contributed by atoms with Crippen LogP contribution in [0.4, 0.5) is 0 Å². The van der Waals surface area contributed by atoms with E-state index in [9.17, 15) is 0 Å². The first-order valence-electron chi connectivity index (χ1n) is 3.72. The lowest BCUT2D eigenvalue weighted by atomic mass is 10.1. The van der Waals surface area contributed by atoms with E-state index in [2.05, 4.69) is 41.9 Å².